The first-order valence-corrected chi connectivity index (χ1v) is 10.7. The molecule has 5 rings (SSSR count). The molecule has 0 radical (unpaired) electrons. The van der Waals surface area contributed by atoms with Gasteiger partial charge in [-0.25, -0.2) is 9.50 Å². The van der Waals surface area contributed by atoms with E-state index in [9.17, 15) is 0 Å². The smallest absolute Gasteiger partial charge is 0.166 e. The van der Waals surface area contributed by atoms with E-state index in [-0.39, 0.29) is 0 Å². The number of pyridine rings is 1. The number of anilines is 2. The van der Waals surface area contributed by atoms with Gasteiger partial charge in [0.15, 0.2) is 11.5 Å². The zero-order chi connectivity index (χ0) is 21.4. The molecule has 0 amide bonds. The zero-order valence-corrected chi connectivity index (χ0v) is 17.9. The summed E-state index contributed by atoms with van der Waals surface area (Å²) in [5.74, 6) is 0.430. The molecule has 31 heavy (non-hydrogen) atoms. The molecule has 1 fully saturated rings. The van der Waals surface area contributed by atoms with Crippen LogP contribution >= 0.6 is 0 Å². The fourth-order valence-corrected chi connectivity index (χ4v) is 4.22. The molecule has 0 atom stereocenters. The minimum Gasteiger partial charge on any atom is -0.382 e. The molecule has 0 unspecified atom stereocenters. The third-order valence-electron chi connectivity index (χ3n) is 6.03. The molecular formula is C24H27N7. The van der Waals surface area contributed by atoms with Gasteiger partial charge in [-0.1, -0.05) is 18.2 Å². The highest BCUT2D eigenvalue weighted by Crippen LogP contribution is 2.29. The van der Waals surface area contributed by atoms with Crippen LogP contribution in [0.3, 0.4) is 0 Å². The molecule has 1 aliphatic heterocycles. The maximum atomic E-state index is 6.18. The standard InChI is InChI=1S/C24H27N7/c1-17(2)29-11-13-30(14-12-29)20-8-6-18(7-9-20)19-15-27-24-22(21-5-3-4-10-26-21)23(25)28-31(24)16-19/h3-10,15-17H,11-14H2,1-2H3,(H2,25,28). The lowest BCUT2D eigenvalue weighted by molar-refractivity contribution is 0.209. The number of nitrogen functional groups attached to an aromatic ring is 1. The second-order valence-corrected chi connectivity index (χ2v) is 8.25. The summed E-state index contributed by atoms with van der Waals surface area (Å²) in [6, 6.07) is 15.0. The second kappa shape index (κ2) is 8.00. The highest BCUT2D eigenvalue weighted by Gasteiger charge is 2.19. The van der Waals surface area contributed by atoms with Gasteiger partial charge in [0, 0.05) is 62.1 Å². The van der Waals surface area contributed by atoms with Crippen LogP contribution in [0.1, 0.15) is 13.8 Å². The molecule has 3 aromatic heterocycles. The normalized spacial score (nSPS) is 15.1. The van der Waals surface area contributed by atoms with Crippen LogP contribution in [0.25, 0.3) is 28.0 Å². The Hall–Kier alpha value is -3.45. The SMILES string of the molecule is CC(C)N1CCN(c2ccc(-c3cnc4c(-c5ccccn5)c(N)nn4c3)cc2)CC1. The predicted octanol–water partition coefficient (Wildman–Crippen LogP) is 3.57. The van der Waals surface area contributed by atoms with E-state index < -0.39 is 0 Å². The number of nitrogens with two attached hydrogens (primary N) is 1. The monoisotopic (exact) mass is 413 g/mol. The fraction of sp³-hybridized carbons (Fsp3) is 0.292. The van der Waals surface area contributed by atoms with Crippen molar-refractivity contribution in [2.75, 3.05) is 36.8 Å². The van der Waals surface area contributed by atoms with Crippen molar-refractivity contribution in [2.24, 2.45) is 0 Å². The van der Waals surface area contributed by atoms with Crippen molar-refractivity contribution in [1.82, 2.24) is 24.5 Å². The van der Waals surface area contributed by atoms with E-state index in [4.69, 9.17) is 5.73 Å². The van der Waals surface area contributed by atoms with Crippen LogP contribution in [0.2, 0.25) is 0 Å². The fourth-order valence-electron chi connectivity index (χ4n) is 4.22. The molecule has 0 spiro atoms. The van der Waals surface area contributed by atoms with Crippen molar-refractivity contribution in [3.05, 3.63) is 61.1 Å². The zero-order valence-electron chi connectivity index (χ0n) is 17.9. The number of benzene rings is 1. The third kappa shape index (κ3) is 3.72. The minimum absolute atomic E-state index is 0.430. The van der Waals surface area contributed by atoms with Crippen LogP contribution in [0.5, 0.6) is 0 Å². The van der Waals surface area contributed by atoms with Crippen LogP contribution in [-0.2, 0) is 0 Å². The molecule has 7 heteroatoms. The van der Waals surface area contributed by atoms with Gasteiger partial charge in [0.05, 0.1) is 11.3 Å². The lowest BCUT2D eigenvalue weighted by Gasteiger charge is -2.38. The summed E-state index contributed by atoms with van der Waals surface area (Å²) in [6.45, 7) is 8.88. The third-order valence-corrected chi connectivity index (χ3v) is 6.03. The molecule has 4 aromatic rings. The maximum Gasteiger partial charge on any atom is 0.166 e. The van der Waals surface area contributed by atoms with Crippen molar-refractivity contribution < 1.29 is 0 Å². The Balaban J connectivity index is 1.39. The molecule has 2 N–H and O–H groups in total. The van der Waals surface area contributed by atoms with Gasteiger partial charge in [-0.3, -0.25) is 9.88 Å². The second-order valence-electron chi connectivity index (χ2n) is 8.25. The summed E-state index contributed by atoms with van der Waals surface area (Å²) in [4.78, 5) is 14.0. The Morgan fingerprint density at radius 3 is 2.35 bits per heavy atom. The summed E-state index contributed by atoms with van der Waals surface area (Å²) in [5, 5.41) is 4.47. The van der Waals surface area contributed by atoms with E-state index in [0.29, 0.717) is 17.5 Å². The van der Waals surface area contributed by atoms with Crippen molar-refractivity contribution in [1.29, 1.82) is 0 Å². The number of rotatable bonds is 4. The summed E-state index contributed by atoms with van der Waals surface area (Å²) in [6.07, 6.45) is 5.59. The summed E-state index contributed by atoms with van der Waals surface area (Å²) in [7, 11) is 0. The van der Waals surface area contributed by atoms with E-state index in [1.54, 1.807) is 10.7 Å². The predicted molar refractivity (Wildman–Crippen MR) is 125 cm³/mol. The average molecular weight is 414 g/mol. The Morgan fingerprint density at radius 1 is 0.903 bits per heavy atom. The molecule has 1 aromatic carbocycles. The Kier molecular flexibility index (Phi) is 5.03. The van der Waals surface area contributed by atoms with Gasteiger partial charge in [-0.05, 0) is 43.7 Å². The van der Waals surface area contributed by atoms with Gasteiger partial charge in [-0.15, -0.1) is 5.10 Å². The Bertz CT molecular complexity index is 1170. The van der Waals surface area contributed by atoms with E-state index in [1.165, 1.54) is 5.69 Å². The van der Waals surface area contributed by atoms with Gasteiger partial charge in [0.1, 0.15) is 0 Å². The molecule has 0 bridgehead atoms. The van der Waals surface area contributed by atoms with Crippen molar-refractivity contribution >= 4 is 17.2 Å². The van der Waals surface area contributed by atoms with Crippen molar-refractivity contribution in [3.8, 4) is 22.4 Å². The lowest BCUT2D eigenvalue weighted by Crippen LogP contribution is -2.48. The number of hydrogen-bond acceptors (Lipinski definition) is 6. The first kappa shape index (κ1) is 19.5. The van der Waals surface area contributed by atoms with E-state index in [0.717, 1.165) is 48.6 Å². The van der Waals surface area contributed by atoms with Gasteiger partial charge in [0.2, 0.25) is 0 Å². The van der Waals surface area contributed by atoms with Gasteiger partial charge in [0.25, 0.3) is 0 Å². The highest BCUT2D eigenvalue weighted by molar-refractivity contribution is 5.84. The van der Waals surface area contributed by atoms with Crippen molar-refractivity contribution in [2.45, 2.75) is 19.9 Å². The van der Waals surface area contributed by atoms with Crippen LogP contribution in [0.4, 0.5) is 11.5 Å². The molecule has 4 heterocycles. The maximum absolute atomic E-state index is 6.18. The quantitative estimate of drug-likeness (QED) is 0.551. The largest absolute Gasteiger partial charge is 0.382 e. The number of aromatic nitrogens is 4. The van der Waals surface area contributed by atoms with Crippen LogP contribution in [-0.4, -0.2) is 56.7 Å². The number of nitrogens with zero attached hydrogens (tertiary/aromatic N) is 6. The van der Waals surface area contributed by atoms with Crippen LogP contribution in [0, 0.1) is 0 Å². The lowest BCUT2D eigenvalue weighted by atomic mass is 10.1. The topological polar surface area (TPSA) is 75.6 Å². The number of piperazine rings is 1. The molecule has 0 saturated carbocycles. The summed E-state index contributed by atoms with van der Waals surface area (Å²) >= 11 is 0. The molecule has 0 aliphatic carbocycles. The van der Waals surface area contributed by atoms with Crippen molar-refractivity contribution in [3.63, 3.8) is 0 Å². The van der Waals surface area contributed by atoms with Gasteiger partial charge in [-0.2, -0.15) is 0 Å². The molecule has 1 aliphatic rings. The average Bonchev–Trinajstić information content (AvgIpc) is 3.14. The summed E-state index contributed by atoms with van der Waals surface area (Å²) in [5.41, 5.74) is 11.8. The minimum atomic E-state index is 0.430. The first-order valence-electron chi connectivity index (χ1n) is 10.7. The molecular weight excluding hydrogens is 386 g/mol. The van der Waals surface area contributed by atoms with E-state index in [1.807, 2.05) is 30.6 Å². The molecule has 1 saturated heterocycles. The molecule has 7 nitrogen and oxygen atoms in total. The summed E-state index contributed by atoms with van der Waals surface area (Å²) < 4.78 is 1.74. The van der Waals surface area contributed by atoms with E-state index in [2.05, 4.69) is 63.0 Å². The van der Waals surface area contributed by atoms with Crippen LogP contribution < -0.4 is 10.6 Å². The Labute approximate surface area is 182 Å². The highest BCUT2D eigenvalue weighted by atomic mass is 15.3. The first-order chi connectivity index (χ1) is 15.1. The Morgan fingerprint density at radius 2 is 1.68 bits per heavy atom. The number of fused-ring (bicyclic) bond motifs is 1. The van der Waals surface area contributed by atoms with E-state index >= 15 is 0 Å². The number of hydrogen-bond donors (Lipinski definition) is 1. The van der Waals surface area contributed by atoms with Gasteiger partial charge >= 0.3 is 0 Å². The van der Waals surface area contributed by atoms with Crippen LogP contribution in [0.15, 0.2) is 61.1 Å². The molecule has 158 valence electrons. The van der Waals surface area contributed by atoms with Gasteiger partial charge < -0.3 is 10.6 Å².